The van der Waals surface area contributed by atoms with Crippen LogP contribution in [0.2, 0.25) is 0 Å². The predicted molar refractivity (Wildman–Crippen MR) is 151 cm³/mol. The van der Waals surface area contributed by atoms with E-state index in [1.165, 1.54) is 14.0 Å². The van der Waals surface area contributed by atoms with Gasteiger partial charge in [-0.15, -0.1) is 0 Å². The minimum absolute atomic E-state index is 0.0128. The molecule has 0 spiro atoms. The van der Waals surface area contributed by atoms with E-state index in [9.17, 15) is 45.7 Å². The van der Waals surface area contributed by atoms with Gasteiger partial charge in [0.2, 0.25) is 5.91 Å². The molecule has 1 saturated carbocycles. The largest absolute Gasteiger partial charge is 0.394 e. The molecule has 0 aromatic carbocycles. The predicted octanol–water partition coefficient (Wildman–Crippen LogP) is -7.16. The van der Waals surface area contributed by atoms with Crippen LogP contribution in [0.15, 0.2) is 0 Å². The summed E-state index contributed by atoms with van der Waals surface area (Å²) < 4.78 is 23.2. The van der Waals surface area contributed by atoms with Gasteiger partial charge >= 0.3 is 0 Å². The van der Waals surface area contributed by atoms with Crippen LogP contribution in [0.3, 0.4) is 0 Å². The summed E-state index contributed by atoms with van der Waals surface area (Å²) in [6.45, 7) is 0.350. The van der Waals surface area contributed by atoms with E-state index >= 15 is 0 Å². The Morgan fingerprint density at radius 3 is 2.36 bits per heavy atom. The number of aliphatic hydroxyl groups excluding tert-OH is 7. The van der Waals surface area contributed by atoms with Crippen molar-refractivity contribution in [3.63, 3.8) is 0 Å². The lowest BCUT2D eigenvalue weighted by atomic mass is 9.77. The summed E-state index contributed by atoms with van der Waals surface area (Å²) in [5.74, 6) is -1.58. The molecule has 15 atom stereocenters. The van der Waals surface area contributed by atoms with Crippen molar-refractivity contribution < 1.29 is 69.8 Å². The van der Waals surface area contributed by atoms with Gasteiger partial charge in [0.25, 0.3) is 0 Å². The number of nitrogens with two attached hydrogens (primary N) is 2. The number of carbonyl (C=O) groups is 1. The molecule has 15 N–H and O–H groups in total. The van der Waals surface area contributed by atoms with Gasteiger partial charge in [0, 0.05) is 32.1 Å². The number of amides is 1. The summed E-state index contributed by atoms with van der Waals surface area (Å²) >= 11 is 0. The zero-order valence-electron chi connectivity index (χ0n) is 25.4. The summed E-state index contributed by atoms with van der Waals surface area (Å²) in [4.78, 5) is 12.7. The fourth-order valence-electron chi connectivity index (χ4n) is 6.02. The van der Waals surface area contributed by atoms with Crippen LogP contribution in [0.25, 0.3) is 0 Å². The van der Waals surface area contributed by atoms with Crippen molar-refractivity contribution in [2.24, 2.45) is 17.4 Å². The van der Waals surface area contributed by atoms with E-state index in [1.807, 2.05) is 0 Å². The van der Waals surface area contributed by atoms with Crippen molar-refractivity contribution in [2.45, 2.75) is 105 Å². The molecule has 2 unspecified atom stereocenters. The van der Waals surface area contributed by atoms with Crippen molar-refractivity contribution in [3.05, 3.63) is 0 Å². The molecule has 0 aromatic heterocycles. The quantitative estimate of drug-likeness (QED) is 0.0609. The minimum atomic E-state index is -1.78. The van der Waals surface area contributed by atoms with Gasteiger partial charge in [-0.3, -0.25) is 10.0 Å². The second-order valence-corrected chi connectivity index (χ2v) is 12.2. The molecule has 264 valence electrons. The van der Waals surface area contributed by atoms with E-state index < -0.39 is 104 Å². The molecular formula is C26H51N5O14. The number of ether oxygens (including phenoxy) is 4. The van der Waals surface area contributed by atoms with Crippen LogP contribution in [0, 0.1) is 5.92 Å². The molecule has 3 aliphatic rings. The number of nitrogens with one attached hydrogen (secondary N) is 2. The third kappa shape index (κ3) is 9.24. The van der Waals surface area contributed by atoms with Gasteiger partial charge in [0.15, 0.2) is 12.6 Å². The first-order valence-electron chi connectivity index (χ1n) is 15.0. The number of hydrogen-bond donors (Lipinski definition) is 13. The Hall–Kier alpha value is -1.21. The van der Waals surface area contributed by atoms with Crippen LogP contribution in [0.5, 0.6) is 0 Å². The van der Waals surface area contributed by atoms with Crippen molar-refractivity contribution in [1.29, 1.82) is 0 Å². The smallest absolute Gasteiger partial charge is 0.246 e. The highest BCUT2D eigenvalue weighted by Crippen LogP contribution is 2.36. The summed E-state index contributed by atoms with van der Waals surface area (Å²) in [7, 11) is 1.52. The topological polar surface area (TPSA) is 315 Å². The van der Waals surface area contributed by atoms with Crippen LogP contribution in [-0.2, 0) is 23.7 Å². The molecule has 45 heavy (non-hydrogen) atoms. The Labute approximate surface area is 260 Å². The van der Waals surface area contributed by atoms with E-state index in [-0.39, 0.29) is 45.6 Å². The molecular weight excluding hydrogens is 606 g/mol. The van der Waals surface area contributed by atoms with E-state index in [4.69, 9.17) is 35.5 Å². The van der Waals surface area contributed by atoms with E-state index in [0.717, 1.165) is 0 Å². The molecule has 0 bridgehead atoms. The molecule has 3 fully saturated rings. The molecule has 2 heterocycles. The fraction of sp³-hybridized carbons (Fsp3) is 0.962. The Balaban J connectivity index is 1.81. The first kappa shape index (κ1) is 38.2. The molecule has 1 aliphatic carbocycles. The molecule has 1 amide bonds. The standard InChI is InChI=1S/C26H51N5O14/c1-26(40)10-42-24(20(39)23(26)29-2)44-21-11(6-15(34)31(41)4-3-27)5-13(28)22(19(21)38)45-25-18(37)17(36)16(35)14(43-25)8-30-7-12(33)9-32/h11-14,16-25,29-30,32-33,35-41H,3-10,27-28H2,1-2H3/t11-,12?,13-,14+,16+,17-,18+,19+,20+,21-,22?,23+,24+,25+,26-/m0/s1. The zero-order chi connectivity index (χ0) is 33.6. The molecule has 2 saturated heterocycles. The Bertz CT molecular complexity index is 925. The van der Waals surface area contributed by atoms with Gasteiger partial charge in [-0.1, -0.05) is 0 Å². The third-order valence-corrected chi connectivity index (χ3v) is 8.53. The van der Waals surface area contributed by atoms with E-state index in [1.54, 1.807) is 0 Å². The number of nitrogens with zero attached hydrogens (tertiary/aromatic N) is 1. The number of aliphatic hydroxyl groups is 8. The maximum absolute atomic E-state index is 12.7. The molecule has 0 aromatic rings. The summed E-state index contributed by atoms with van der Waals surface area (Å²) in [5, 5.41) is 99.3. The zero-order valence-corrected chi connectivity index (χ0v) is 25.4. The highest BCUT2D eigenvalue weighted by Gasteiger charge is 2.53. The summed E-state index contributed by atoms with van der Waals surface area (Å²) in [6, 6.07) is -1.90. The Kier molecular flexibility index (Phi) is 14.2. The van der Waals surface area contributed by atoms with Crippen LogP contribution >= 0.6 is 0 Å². The lowest BCUT2D eigenvalue weighted by molar-refractivity contribution is -0.333. The van der Waals surface area contributed by atoms with Gasteiger partial charge in [0.05, 0.1) is 38.0 Å². The molecule has 19 nitrogen and oxygen atoms in total. The minimum Gasteiger partial charge on any atom is -0.394 e. The molecule has 3 rings (SSSR count). The monoisotopic (exact) mass is 657 g/mol. The van der Waals surface area contributed by atoms with Crippen molar-refractivity contribution in [2.75, 3.05) is 46.4 Å². The van der Waals surface area contributed by atoms with Crippen LogP contribution in [0.4, 0.5) is 0 Å². The summed E-state index contributed by atoms with van der Waals surface area (Å²) in [5.41, 5.74) is 10.3. The number of hydrogen-bond acceptors (Lipinski definition) is 18. The first-order chi connectivity index (χ1) is 21.2. The second-order valence-electron chi connectivity index (χ2n) is 12.2. The van der Waals surface area contributed by atoms with Gasteiger partial charge in [0.1, 0.15) is 48.3 Å². The molecule has 19 heteroatoms. The van der Waals surface area contributed by atoms with Crippen molar-refractivity contribution >= 4 is 5.91 Å². The maximum Gasteiger partial charge on any atom is 0.246 e. The van der Waals surface area contributed by atoms with Crippen molar-refractivity contribution in [3.8, 4) is 0 Å². The Morgan fingerprint density at radius 2 is 1.73 bits per heavy atom. The molecule has 0 radical (unpaired) electrons. The normalized spacial score (nSPS) is 43.2. The van der Waals surface area contributed by atoms with E-state index in [2.05, 4.69) is 10.6 Å². The highest BCUT2D eigenvalue weighted by atomic mass is 16.7. The van der Waals surface area contributed by atoms with Gasteiger partial charge in [-0.05, 0) is 26.3 Å². The highest BCUT2D eigenvalue weighted by molar-refractivity contribution is 5.75. The van der Waals surface area contributed by atoms with Gasteiger partial charge in [-0.2, -0.15) is 0 Å². The number of carbonyl (C=O) groups excluding carboxylic acids is 1. The van der Waals surface area contributed by atoms with Gasteiger partial charge in [-0.25, -0.2) is 5.06 Å². The average Bonchev–Trinajstić information content (AvgIpc) is 2.98. The lowest BCUT2D eigenvalue weighted by Gasteiger charge is -2.49. The van der Waals surface area contributed by atoms with E-state index in [0.29, 0.717) is 5.06 Å². The van der Waals surface area contributed by atoms with Crippen LogP contribution in [-0.4, -0.2) is 189 Å². The maximum atomic E-state index is 12.7. The van der Waals surface area contributed by atoms with Crippen LogP contribution in [0.1, 0.15) is 19.8 Å². The fourth-order valence-corrected chi connectivity index (χ4v) is 6.02. The van der Waals surface area contributed by atoms with Gasteiger partial charge < -0.3 is 81.9 Å². The number of hydroxylamine groups is 2. The number of likely N-dealkylation sites (N-methyl/N-ethyl adjacent to an activating group) is 1. The summed E-state index contributed by atoms with van der Waals surface area (Å²) in [6.07, 6.45) is -16.4. The average molecular weight is 658 g/mol. The second kappa shape index (κ2) is 16.8. The van der Waals surface area contributed by atoms with Crippen molar-refractivity contribution in [1.82, 2.24) is 15.7 Å². The first-order valence-corrected chi connectivity index (χ1v) is 15.0. The van der Waals surface area contributed by atoms with Crippen LogP contribution < -0.4 is 22.1 Å². The third-order valence-electron chi connectivity index (χ3n) is 8.53. The SMILES string of the molecule is CN[C@@H]1[C@@H](O)[C@@H](O[C@H]2[C@H](CC(=O)N(O)CCN)C[C@H](N)C(O[C@H]3O[C@H](CNCC(O)CO)[C@@H](O)[C@H](O)[C@H]3O)[C@@H]2O)OC[C@]1(C)O. The lowest BCUT2D eigenvalue weighted by Crippen LogP contribution is -2.67. The number of rotatable bonds is 14. The molecule has 2 aliphatic heterocycles. The Morgan fingerprint density at radius 1 is 1.07 bits per heavy atom.